The molecule has 26 heavy (non-hydrogen) atoms. The van der Waals surface area contributed by atoms with E-state index in [0.717, 1.165) is 41.7 Å². The zero-order chi connectivity index (χ0) is 18.3. The lowest BCUT2D eigenvalue weighted by molar-refractivity contribution is 0.0692. The summed E-state index contributed by atoms with van der Waals surface area (Å²) < 4.78 is 1.86. The van der Waals surface area contributed by atoms with E-state index in [4.69, 9.17) is 4.98 Å². The van der Waals surface area contributed by atoms with E-state index in [1.807, 2.05) is 52.9 Å². The number of carbonyl (C=O) groups is 1. The molecule has 2 aromatic heterocycles. The number of carbonyl (C=O) groups excluding carboxylic acids is 1. The van der Waals surface area contributed by atoms with Gasteiger partial charge in [0.2, 0.25) is 0 Å². The summed E-state index contributed by atoms with van der Waals surface area (Å²) in [5, 5.41) is 5.28. The zero-order valence-corrected chi connectivity index (χ0v) is 15.5. The van der Waals surface area contributed by atoms with E-state index in [1.165, 1.54) is 0 Å². The normalized spacial score (nSPS) is 14.2. The molecular formula is C21H24N4O. The summed E-state index contributed by atoms with van der Waals surface area (Å²) in [6.07, 6.45) is 3.97. The van der Waals surface area contributed by atoms with Crippen molar-refractivity contribution < 1.29 is 4.79 Å². The Kier molecular flexibility index (Phi) is 4.23. The van der Waals surface area contributed by atoms with Crippen molar-refractivity contribution in [3.05, 3.63) is 48.2 Å². The Morgan fingerprint density at radius 3 is 2.62 bits per heavy atom. The van der Waals surface area contributed by atoms with Gasteiger partial charge in [0.05, 0.1) is 22.8 Å². The van der Waals surface area contributed by atoms with E-state index in [-0.39, 0.29) is 11.9 Å². The van der Waals surface area contributed by atoms with Crippen molar-refractivity contribution in [2.75, 3.05) is 0 Å². The van der Waals surface area contributed by atoms with Crippen molar-refractivity contribution in [2.24, 2.45) is 0 Å². The fourth-order valence-electron chi connectivity index (χ4n) is 3.53. The van der Waals surface area contributed by atoms with Crippen LogP contribution < -0.4 is 0 Å². The number of aryl methyl sites for hydroxylation is 1. The first-order valence-corrected chi connectivity index (χ1v) is 9.34. The molecule has 4 rings (SSSR count). The van der Waals surface area contributed by atoms with Gasteiger partial charge in [-0.25, -0.2) is 9.67 Å². The number of benzene rings is 1. The highest BCUT2D eigenvalue weighted by Crippen LogP contribution is 2.32. The van der Waals surface area contributed by atoms with E-state index in [2.05, 4.69) is 18.9 Å². The molecule has 3 aromatic rings. The molecular weight excluding hydrogens is 324 g/mol. The summed E-state index contributed by atoms with van der Waals surface area (Å²) in [5.74, 6) is 0.0859. The molecule has 0 spiro atoms. The molecule has 0 bridgehead atoms. The second-order valence-corrected chi connectivity index (χ2v) is 7.16. The molecule has 1 aromatic carbocycles. The average Bonchev–Trinajstić information content (AvgIpc) is 3.39. The number of rotatable bonds is 5. The number of aromatic nitrogens is 3. The maximum absolute atomic E-state index is 13.4. The minimum atomic E-state index is 0.0859. The monoisotopic (exact) mass is 348 g/mol. The van der Waals surface area contributed by atoms with Gasteiger partial charge in [0, 0.05) is 24.2 Å². The SMILES string of the molecule is CCn1ncc2c(C(=O)N(C(C)C)C3CC3)cc(-c3ccccc3)nc21. The second kappa shape index (κ2) is 6.56. The van der Waals surface area contributed by atoms with Crippen molar-refractivity contribution in [2.45, 2.75) is 52.2 Å². The lowest BCUT2D eigenvalue weighted by Gasteiger charge is -2.27. The number of hydrogen-bond acceptors (Lipinski definition) is 3. The summed E-state index contributed by atoms with van der Waals surface area (Å²) in [6.45, 7) is 6.93. The highest BCUT2D eigenvalue weighted by molar-refractivity contribution is 6.06. The van der Waals surface area contributed by atoms with E-state index in [1.54, 1.807) is 6.20 Å². The van der Waals surface area contributed by atoms with Gasteiger partial charge in [-0.1, -0.05) is 30.3 Å². The third kappa shape index (κ3) is 2.87. The molecule has 1 aliphatic rings. The van der Waals surface area contributed by atoms with Crippen molar-refractivity contribution in [1.82, 2.24) is 19.7 Å². The summed E-state index contributed by atoms with van der Waals surface area (Å²) >= 11 is 0. The highest BCUT2D eigenvalue weighted by atomic mass is 16.2. The minimum absolute atomic E-state index is 0.0859. The molecule has 0 saturated heterocycles. The Bertz CT molecular complexity index is 939. The quantitative estimate of drug-likeness (QED) is 0.696. The van der Waals surface area contributed by atoms with E-state index in [0.29, 0.717) is 11.6 Å². The van der Waals surface area contributed by atoms with Crippen LogP contribution in [0.15, 0.2) is 42.6 Å². The van der Waals surface area contributed by atoms with Crippen LogP contribution in [0.4, 0.5) is 0 Å². The summed E-state index contributed by atoms with van der Waals surface area (Å²) in [6, 6.07) is 12.5. The first-order chi connectivity index (χ1) is 12.6. The molecule has 5 nitrogen and oxygen atoms in total. The van der Waals surface area contributed by atoms with Gasteiger partial charge in [-0.3, -0.25) is 4.79 Å². The van der Waals surface area contributed by atoms with Crippen LogP contribution in [0, 0.1) is 0 Å². The van der Waals surface area contributed by atoms with Gasteiger partial charge in [-0.2, -0.15) is 5.10 Å². The van der Waals surface area contributed by atoms with Gasteiger partial charge in [0.25, 0.3) is 5.91 Å². The lowest BCUT2D eigenvalue weighted by atomic mass is 10.1. The van der Waals surface area contributed by atoms with Crippen molar-refractivity contribution >= 4 is 16.9 Å². The van der Waals surface area contributed by atoms with Crippen LogP contribution in [0.25, 0.3) is 22.3 Å². The molecule has 5 heteroatoms. The Morgan fingerprint density at radius 1 is 1.27 bits per heavy atom. The summed E-state index contributed by atoms with van der Waals surface area (Å²) in [7, 11) is 0. The predicted octanol–water partition coefficient (Wildman–Crippen LogP) is 4.13. The maximum atomic E-state index is 13.4. The molecule has 1 amide bonds. The molecule has 2 heterocycles. The Hall–Kier alpha value is -2.69. The smallest absolute Gasteiger partial charge is 0.255 e. The van der Waals surface area contributed by atoms with Crippen LogP contribution in [-0.2, 0) is 6.54 Å². The van der Waals surface area contributed by atoms with Crippen molar-refractivity contribution in [3.8, 4) is 11.3 Å². The fourth-order valence-corrected chi connectivity index (χ4v) is 3.53. The summed E-state index contributed by atoms with van der Waals surface area (Å²) in [5.41, 5.74) is 3.30. The van der Waals surface area contributed by atoms with Gasteiger partial charge in [0.15, 0.2) is 5.65 Å². The van der Waals surface area contributed by atoms with Crippen LogP contribution in [0.5, 0.6) is 0 Å². The molecule has 0 unspecified atom stereocenters. The van der Waals surface area contributed by atoms with Crippen LogP contribution in [0.1, 0.15) is 44.0 Å². The fraction of sp³-hybridized carbons (Fsp3) is 0.381. The van der Waals surface area contributed by atoms with E-state index in [9.17, 15) is 4.79 Å². The Balaban J connectivity index is 1.90. The molecule has 0 atom stereocenters. The first-order valence-electron chi connectivity index (χ1n) is 9.34. The lowest BCUT2D eigenvalue weighted by Crippen LogP contribution is -2.38. The molecule has 1 saturated carbocycles. The van der Waals surface area contributed by atoms with Crippen molar-refractivity contribution in [1.29, 1.82) is 0 Å². The number of fused-ring (bicyclic) bond motifs is 1. The zero-order valence-electron chi connectivity index (χ0n) is 15.5. The second-order valence-electron chi connectivity index (χ2n) is 7.16. The molecule has 1 fully saturated rings. The molecule has 134 valence electrons. The molecule has 0 aliphatic heterocycles. The average molecular weight is 348 g/mol. The van der Waals surface area contributed by atoms with Gasteiger partial charge < -0.3 is 4.90 Å². The number of hydrogen-bond donors (Lipinski definition) is 0. The number of amides is 1. The van der Waals surface area contributed by atoms with E-state index >= 15 is 0 Å². The van der Waals surface area contributed by atoms with Crippen LogP contribution in [0.2, 0.25) is 0 Å². The molecule has 1 aliphatic carbocycles. The van der Waals surface area contributed by atoms with E-state index < -0.39 is 0 Å². The third-order valence-corrected chi connectivity index (χ3v) is 4.94. The Labute approximate surface area is 153 Å². The molecule has 0 N–H and O–H groups in total. The van der Waals surface area contributed by atoms with Crippen LogP contribution in [-0.4, -0.2) is 37.7 Å². The number of nitrogens with zero attached hydrogens (tertiary/aromatic N) is 4. The minimum Gasteiger partial charge on any atom is -0.333 e. The predicted molar refractivity (Wildman–Crippen MR) is 103 cm³/mol. The molecule has 0 radical (unpaired) electrons. The Morgan fingerprint density at radius 2 is 2.00 bits per heavy atom. The topological polar surface area (TPSA) is 51.0 Å². The highest BCUT2D eigenvalue weighted by Gasteiger charge is 2.35. The standard InChI is InChI=1S/C21H24N4O/c1-4-24-20-18(13-22-24)17(21(26)25(14(2)3)16-10-11-16)12-19(23-20)15-8-6-5-7-9-15/h5-9,12-14,16H,4,10-11H2,1-3H3. The van der Waals surface area contributed by atoms with Crippen LogP contribution >= 0.6 is 0 Å². The third-order valence-electron chi connectivity index (χ3n) is 4.94. The number of pyridine rings is 1. The summed E-state index contributed by atoms with van der Waals surface area (Å²) in [4.78, 5) is 20.3. The van der Waals surface area contributed by atoms with Gasteiger partial charge in [-0.05, 0) is 39.7 Å². The van der Waals surface area contributed by atoms with Gasteiger partial charge in [0.1, 0.15) is 0 Å². The van der Waals surface area contributed by atoms with Crippen molar-refractivity contribution in [3.63, 3.8) is 0 Å². The maximum Gasteiger partial charge on any atom is 0.255 e. The largest absolute Gasteiger partial charge is 0.333 e. The first kappa shape index (κ1) is 16.8. The van der Waals surface area contributed by atoms with Gasteiger partial charge in [-0.15, -0.1) is 0 Å². The van der Waals surface area contributed by atoms with Crippen LogP contribution in [0.3, 0.4) is 0 Å². The van der Waals surface area contributed by atoms with Gasteiger partial charge >= 0.3 is 0 Å².